The van der Waals surface area contributed by atoms with Crippen molar-refractivity contribution >= 4 is 20.0 Å². The molecule has 0 heterocycles. The Hall–Kier alpha value is -1.74. The molecule has 2 N–H and O–H groups in total. The average molecular weight is 411 g/mol. The van der Waals surface area contributed by atoms with Crippen LogP contribution in [0.1, 0.15) is 51.7 Å². The quantitative estimate of drug-likeness (QED) is 0.715. The highest BCUT2D eigenvalue weighted by Gasteiger charge is 2.21. The molecular formula is C19H26N2O4S2. The molecule has 2 rings (SSSR count). The van der Waals surface area contributed by atoms with Crippen LogP contribution in [-0.4, -0.2) is 16.8 Å². The molecule has 0 aliphatic heterocycles. The Balaban J connectivity index is 2.16. The van der Waals surface area contributed by atoms with Gasteiger partial charge >= 0.3 is 0 Å². The van der Waals surface area contributed by atoms with E-state index in [0.29, 0.717) is 0 Å². The van der Waals surface area contributed by atoms with E-state index in [9.17, 15) is 16.8 Å². The summed E-state index contributed by atoms with van der Waals surface area (Å²) in [5, 5.41) is 0. The Morgan fingerprint density at radius 3 is 1.41 bits per heavy atom. The first-order valence-electron chi connectivity index (χ1n) is 8.57. The number of benzene rings is 2. The normalized spacial score (nSPS) is 13.1. The van der Waals surface area contributed by atoms with Crippen LogP contribution in [0.3, 0.4) is 0 Å². The fraction of sp³-hybridized carbons (Fsp3) is 0.368. The maximum absolute atomic E-state index is 12.4. The summed E-state index contributed by atoms with van der Waals surface area (Å²) in [4.78, 5) is 3.85. The van der Waals surface area contributed by atoms with Crippen LogP contribution >= 0.6 is 0 Å². The molecular weight excluding hydrogens is 384 g/mol. The molecule has 0 aromatic heterocycles. The van der Waals surface area contributed by atoms with Gasteiger partial charge in [-0.15, -0.1) is 9.66 Å². The van der Waals surface area contributed by atoms with Crippen LogP contribution in [0, 0.1) is 0 Å². The SMILES string of the molecule is CC(C)c1ccc(S(=O)(=O)NNS(=O)(=O)c2ccc(C(C)(C)C)cc2)cc1. The molecule has 0 atom stereocenters. The summed E-state index contributed by atoms with van der Waals surface area (Å²) < 4.78 is 49.4. The highest BCUT2D eigenvalue weighted by molar-refractivity contribution is 7.92. The Bertz CT molecular complexity index is 987. The first kappa shape index (κ1) is 21.6. The molecule has 2 aromatic carbocycles. The second-order valence-corrected chi connectivity index (χ2v) is 11.1. The van der Waals surface area contributed by atoms with Crippen LogP contribution in [-0.2, 0) is 25.5 Å². The number of hydrogen-bond donors (Lipinski definition) is 2. The number of rotatable bonds is 6. The molecule has 27 heavy (non-hydrogen) atoms. The fourth-order valence-electron chi connectivity index (χ4n) is 2.39. The summed E-state index contributed by atoms with van der Waals surface area (Å²) >= 11 is 0. The second-order valence-electron chi connectivity index (χ2n) is 7.71. The van der Waals surface area contributed by atoms with Gasteiger partial charge in [0.1, 0.15) is 0 Å². The monoisotopic (exact) mass is 410 g/mol. The Kier molecular flexibility index (Phi) is 6.16. The lowest BCUT2D eigenvalue weighted by Crippen LogP contribution is -2.41. The van der Waals surface area contributed by atoms with Gasteiger partial charge in [0.25, 0.3) is 20.0 Å². The Labute approximate surface area is 162 Å². The van der Waals surface area contributed by atoms with Gasteiger partial charge in [0.05, 0.1) is 9.79 Å². The summed E-state index contributed by atoms with van der Waals surface area (Å²) in [6, 6.07) is 12.6. The minimum Gasteiger partial charge on any atom is -0.206 e. The van der Waals surface area contributed by atoms with Gasteiger partial charge in [0, 0.05) is 0 Å². The van der Waals surface area contributed by atoms with E-state index in [1.165, 1.54) is 24.3 Å². The van der Waals surface area contributed by atoms with Gasteiger partial charge in [-0.3, -0.25) is 0 Å². The smallest absolute Gasteiger partial charge is 0.206 e. The molecule has 0 spiro atoms. The van der Waals surface area contributed by atoms with E-state index in [0.717, 1.165) is 11.1 Å². The van der Waals surface area contributed by atoms with E-state index in [1.807, 2.05) is 44.3 Å². The first-order valence-corrected chi connectivity index (χ1v) is 11.5. The number of sulfonamides is 2. The fourth-order valence-corrected chi connectivity index (χ4v) is 4.50. The maximum atomic E-state index is 12.4. The summed E-state index contributed by atoms with van der Waals surface area (Å²) in [6.07, 6.45) is 0. The molecule has 6 nitrogen and oxygen atoms in total. The number of nitrogens with one attached hydrogen (secondary N) is 2. The lowest BCUT2D eigenvalue weighted by molar-refractivity contribution is 0.557. The molecule has 0 aliphatic carbocycles. The van der Waals surface area contributed by atoms with E-state index >= 15 is 0 Å². The van der Waals surface area contributed by atoms with Crippen molar-refractivity contribution in [1.29, 1.82) is 0 Å². The van der Waals surface area contributed by atoms with E-state index < -0.39 is 20.0 Å². The predicted molar refractivity (Wildman–Crippen MR) is 106 cm³/mol. The van der Waals surface area contributed by atoms with E-state index in [-0.39, 0.29) is 21.1 Å². The third-order valence-electron chi connectivity index (χ3n) is 4.20. The van der Waals surface area contributed by atoms with Gasteiger partial charge in [0.15, 0.2) is 0 Å². The van der Waals surface area contributed by atoms with Crippen LogP contribution in [0.15, 0.2) is 58.3 Å². The lowest BCUT2D eigenvalue weighted by Gasteiger charge is -2.19. The molecule has 0 bridgehead atoms. The molecule has 0 saturated carbocycles. The topological polar surface area (TPSA) is 92.3 Å². The molecule has 2 aromatic rings. The van der Waals surface area contributed by atoms with Crippen molar-refractivity contribution in [3.05, 3.63) is 59.7 Å². The summed E-state index contributed by atoms with van der Waals surface area (Å²) in [6.45, 7) is 10.1. The molecule has 0 amide bonds. The van der Waals surface area contributed by atoms with E-state index in [2.05, 4.69) is 0 Å². The lowest BCUT2D eigenvalue weighted by atomic mass is 9.87. The van der Waals surface area contributed by atoms with Crippen molar-refractivity contribution in [2.75, 3.05) is 0 Å². The van der Waals surface area contributed by atoms with Gasteiger partial charge in [-0.25, -0.2) is 16.8 Å². The zero-order valence-electron chi connectivity index (χ0n) is 16.1. The van der Waals surface area contributed by atoms with Crippen molar-refractivity contribution in [3.63, 3.8) is 0 Å². The van der Waals surface area contributed by atoms with E-state index in [4.69, 9.17) is 0 Å². The average Bonchev–Trinajstić information content (AvgIpc) is 2.60. The molecule has 0 saturated heterocycles. The van der Waals surface area contributed by atoms with Crippen molar-refractivity contribution in [3.8, 4) is 0 Å². The third-order valence-corrected chi connectivity index (χ3v) is 6.85. The summed E-state index contributed by atoms with van der Waals surface area (Å²) in [7, 11) is -8.04. The highest BCUT2D eigenvalue weighted by Crippen LogP contribution is 2.23. The zero-order valence-corrected chi connectivity index (χ0v) is 17.8. The second kappa shape index (κ2) is 7.71. The number of hydrogen-bond acceptors (Lipinski definition) is 4. The number of hydrazine groups is 1. The predicted octanol–water partition coefficient (Wildman–Crippen LogP) is 3.28. The van der Waals surface area contributed by atoms with Gasteiger partial charge < -0.3 is 0 Å². The molecule has 8 heteroatoms. The van der Waals surface area contributed by atoms with Crippen LogP contribution in [0.4, 0.5) is 0 Å². The van der Waals surface area contributed by atoms with Crippen LogP contribution in [0.5, 0.6) is 0 Å². The third kappa shape index (κ3) is 5.38. The van der Waals surface area contributed by atoms with Crippen LogP contribution in [0.25, 0.3) is 0 Å². The van der Waals surface area contributed by atoms with Gasteiger partial charge in [-0.2, -0.15) is 0 Å². The molecule has 0 unspecified atom stereocenters. The van der Waals surface area contributed by atoms with Crippen LogP contribution < -0.4 is 9.66 Å². The summed E-state index contributed by atoms with van der Waals surface area (Å²) in [5.41, 5.74) is 1.86. The Morgan fingerprint density at radius 1 is 0.704 bits per heavy atom. The van der Waals surface area contributed by atoms with Crippen LogP contribution in [0.2, 0.25) is 0 Å². The zero-order chi connectivity index (χ0) is 20.5. The summed E-state index contributed by atoms with van der Waals surface area (Å²) in [5.74, 6) is 0.268. The standard InChI is InChI=1S/C19H26N2O4S2/c1-14(2)15-6-10-17(11-7-15)26(22,23)20-21-27(24,25)18-12-8-16(9-13-18)19(3,4)5/h6-14,20-21H,1-5H3. The first-order chi connectivity index (χ1) is 12.3. The maximum Gasteiger partial charge on any atom is 0.254 e. The van der Waals surface area contributed by atoms with Gasteiger partial charge in [0.2, 0.25) is 0 Å². The van der Waals surface area contributed by atoms with E-state index in [1.54, 1.807) is 24.3 Å². The van der Waals surface area contributed by atoms with Gasteiger partial charge in [-0.1, -0.05) is 58.9 Å². The molecule has 0 fully saturated rings. The molecule has 0 aliphatic rings. The van der Waals surface area contributed by atoms with Crippen molar-refractivity contribution < 1.29 is 16.8 Å². The van der Waals surface area contributed by atoms with Gasteiger partial charge in [-0.05, 0) is 46.7 Å². The molecule has 0 radical (unpaired) electrons. The minimum atomic E-state index is -4.03. The minimum absolute atomic E-state index is 0.0160. The van der Waals surface area contributed by atoms with Crippen molar-refractivity contribution in [2.45, 2.75) is 55.7 Å². The van der Waals surface area contributed by atoms with Crippen molar-refractivity contribution in [2.24, 2.45) is 0 Å². The van der Waals surface area contributed by atoms with Crippen molar-refractivity contribution in [1.82, 2.24) is 9.66 Å². The molecule has 148 valence electrons. The highest BCUT2D eigenvalue weighted by atomic mass is 32.2. The Morgan fingerprint density at radius 2 is 1.07 bits per heavy atom. The largest absolute Gasteiger partial charge is 0.254 e.